The molecule has 3 bridgehead atoms. The van der Waals surface area contributed by atoms with Crippen LogP contribution in [0.1, 0.15) is 12.7 Å². The van der Waals surface area contributed by atoms with Gasteiger partial charge in [-0.2, -0.15) is 4.98 Å². The van der Waals surface area contributed by atoms with Gasteiger partial charge < -0.3 is 19.9 Å². The van der Waals surface area contributed by atoms with E-state index in [1.54, 1.807) is 0 Å². The van der Waals surface area contributed by atoms with Crippen LogP contribution in [-0.2, 0) is 14.9 Å². The van der Waals surface area contributed by atoms with Crippen LogP contribution in [0.15, 0.2) is 0 Å². The molecule has 3 rings (SSSR count). The van der Waals surface area contributed by atoms with Gasteiger partial charge in [-0.15, -0.1) is 0 Å². The summed E-state index contributed by atoms with van der Waals surface area (Å²) in [6.45, 7) is 1.22. The third kappa shape index (κ3) is 1.06. The summed E-state index contributed by atoms with van der Waals surface area (Å²) in [4.78, 5) is 7.54. The van der Waals surface area contributed by atoms with E-state index in [0.717, 1.165) is 0 Å². The molecule has 8 nitrogen and oxygen atoms in total. The number of nitrogens with two attached hydrogens (primary N) is 1. The largest absolute Gasteiger partial charge is 0.592 e. The lowest BCUT2D eigenvalue weighted by atomic mass is 10.3. The molecule has 2 aliphatic rings. The molecule has 0 radical (unpaired) electrons. The molecular weight excluding hydrogens is 225 g/mol. The molecule has 2 aliphatic heterocycles. The first kappa shape index (κ1) is 8.90. The fourth-order valence-electron chi connectivity index (χ4n) is 1.33. The van der Waals surface area contributed by atoms with E-state index < -0.39 is 13.6 Å². The summed E-state index contributed by atoms with van der Waals surface area (Å²) in [5.41, 5.74) is 5.50. The summed E-state index contributed by atoms with van der Waals surface area (Å²) in [5, 5.41) is 9.77. The standard InChI is InChI=1S/C6H6N3O5P/c1-6(10)5-8-3(7)2-4(9-5)13-15(11,12-2)14-6/h10H,1H3,(H2,7,8,9). The van der Waals surface area contributed by atoms with E-state index in [1.807, 2.05) is 0 Å². The van der Waals surface area contributed by atoms with Gasteiger partial charge in [0.15, 0.2) is 11.6 Å². The van der Waals surface area contributed by atoms with Gasteiger partial charge in [0.25, 0.3) is 5.88 Å². The zero-order valence-corrected chi connectivity index (χ0v) is 8.39. The molecule has 0 aromatic carbocycles. The number of hydrogen-bond acceptors (Lipinski definition) is 8. The molecule has 1 aromatic heterocycles. The van der Waals surface area contributed by atoms with Gasteiger partial charge in [0, 0.05) is 0 Å². The van der Waals surface area contributed by atoms with Crippen LogP contribution in [0.4, 0.5) is 5.82 Å². The van der Waals surface area contributed by atoms with E-state index in [9.17, 15) is 9.67 Å². The average molecular weight is 231 g/mol. The van der Waals surface area contributed by atoms with E-state index in [-0.39, 0.29) is 23.3 Å². The van der Waals surface area contributed by atoms with Crippen LogP contribution in [0.2, 0.25) is 0 Å². The van der Waals surface area contributed by atoms with Gasteiger partial charge in [-0.25, -0.2) is 14.1 Å². The van der Waals surface area contributed by atoms with E-state index in [4.69, 9.17) is 19.3 Å². The van der Waals surface area contributed by atoms with Crippen LogP contribution in [0.25, 0.3) is 0 Å². The fraction of sp³-hybridized carbons (Fsp3) is 0.333. The van der Waals surface area contributed by atoms with Crippen molar-refractivity contribution in [3.8, 4) is 11.6 Å². The maximum Gasteiger partial charge on any atom is 0.592 e. The molecule has 0 fully saturated rings. The topological polar surface area (TPSA) is 117 Å². The van der Waals surface area contributed by atoms with Crippen molar-refractivity contribution < 1.29 is 23.2 Å². The van der Waals surface area contributed by atoms with Crippen molar-refractivity contribution in [3.05, 3.63) is 5.82 Å². The molecule has 9 heteroatoms. The van der Waals surface area contributed by atoms with Crippen LogP contribution < -0.4 is 14.8 Å². The summed E-state index contributed by atoms with van der Waals surface area (Å²) in [7, 11) is -3.86. The Bertz CT molecular complexity index is 516. The van der Waals surface area contributed by atoms with Crippen molar-refractivity contribution in [2.45, 2.75) is 12.7 Å². The molecule has 0 saturated heterocycles. The van der Waals surface area contributed by atoms with Gasteiger partial charge in [-0.1, -0.05) is 0 Å². The molecule has 0 spiro atoms. The maximum atomic E-state index is 11.8. The SMILES string of the molecule is CC1(O)OP2(=O)Oc3nc1nc(N)c3O2. The summed E-state index contributed by atoms with van der Waals surface area (Å²) in [6.07, 6.45) is 0. The molecule has 0 aliphatic carbocycles. The summed E-state index contributed by atoms with van der Waals surface area (Å²) < 4.78 is 26.2. The van der Waals surface area contributed by atoms with Crippen molar-refractivity contribution in [2.24, 2.45) is 0 Å². The fourth-order valence-corrected chi connectivity index (χ4v) is 2.69. The van der Waals surface area contributed by atoms with E-state index in [2.05, 4.69) is 9.97 Å². The molecule has 15 heavy (non-hydrogen) atoms. The normalized spacial score (nSPS) is 35.9. The van der Waals surface area contributed by atoms with Gasteiger partial charge in [-0.05, 0) is 6.92 Å². The van der Waals surface area contributed by atoms with E-state index >= 15 is 0 Å². The first-order valence-corrected chi connectivity index (χ1v) is 5.46. The van der Waals surface area contributed by atoms with Crippen LogP contribution in [0.5, 0.6) is 11.6 Å². The van der Waals surface area contributed by atoms with Crippen molar-refractivity contribution in [3.63, 3.8) is 0 Å². The zero-order valence-electron chi connectivity index (χ0n) is 7.50. The Morgan fingerprint density at radius 1 is 1.47 bits per heavy atom. The maximum absolute atomic E-state index is 11.8. The summed E-state index contributed by atoms with van der Waals surface area (Å²) in [6, 6.07) is 0. The van der Waals surface area contributed by atoms with Gasteiger partial charge >= 0.3 is 7.82 Å². The number of hydrogen-bond donors (Lipinski definition) is 2. The molecule has 80 valence electrons. The highest BCUT2D eigenvalue weighted by atomic mass is 31.2. The predicted octanol–water partition coefficient (Wildman–Crippen LogP) is 0.133. The number of nitrogens with zero attached hydrogens (tertiary/aromatic N) is 2. The number of aromatic nitrogens is 2. The third-order valence-electron chi connectivity index (χ3n) is 1.97. The highest BCUT2D eigenvalue weighted by molar-refractivity contribution is 7.49. The van der Waals surface area contributed by atoms with Crippen LogP contribution in [-0.4, -0.2) is 15.1 Å². The lowest BCUT2D eigenvalue weighted by Crippen LogP contribution is -2.28. The minimum atomic E-state index is -3.86. The van der Waals surface area contributed by atoms with Crippen LogP contribution >= 0.6 is 7.82 Å². The highest BCUT2D eigenvalue weighted by Gasteiger charge is 2.52. The lowest BCUT2D eigenvalue weighted by Gasteiger charge is -2.22. The Morgan fingerprint density at radius 3 is 2.93 bits per heavy atom. The molecule has 2 unspecified atom stereocenters. The molecule has 0 amide bonds. The monoisotopic (exact) mass is 231 g/mol. The molecule has 3 N–H and O–H groups in total. The van der Waals surface area contributed by atoms with E-state index in [0.29, 0.717) is 0 Å². The second-order valence-electron chi connectivity index (χ2n) is 3.27. The number of phosphoric ester groups is 1. The molecular formula is C6H6N3O5P. The minimum absolute atomic E-state index is 0.0161. The van der Waals surface area contributed by atoms with Crippen LogP contribution in [0.3, 0.4) is 0 Å². The first-order chi connectivity index (χ1) is 6.90. The Kier molecular flexibility index (Phi) is 1.33. The minimum Gasteiger partial charge on any atom is -0.385 e. The highest BCUT2D eigenvalue weighted by Crippen LogP contribution is 2.64. The summed E-state index contributed by atoms with van der Waals surface area (Å²) in [5.74, 6) is -2.19. The van der Waals surface area contributed by atoms with Gasteiger partial charge in [-0.3, -0.25) is 0 Å². The average Bonchev–Trinajstić information content (AvgIpc) is 2.36. The molecule has 1 aromatic rings. The Morgan fingerprint density at radius 2 is 2.20 bits per heavy atom. The van der Waals surface area contributed by atoms with Crippen molar-refractivity contribution >= 4 is 13.6 Å². The Labute approximate surface area is 83.6 Å². The second-order valence-corrected chi connectivity index (χ2v) is 4.71. The van der Waals surface area contributed by atoms with Gasteiger partial charge in [0.2, 0.25) is 11.5 Å². The number of aliphatic hydroxyl groups is 1. The van der Waals surface area contributed by atoms with Gasteiger partial charge in [0.05, 0.1) is 0 Å². The molecule has 2 atom stereocenters. The van der Waals surface area contributed by atoms with Crippen molar-refractivity contribution in [1.82, 2.24) is 9.97 Å². The first-order valence-electron chi connectivity index (χ1n) is 4.00. The number of rotatable bonds is 0. The number of fused-ring (bicyclic) bond motifs is 2. The quantitative estimate of drug-likeness (QED) is 0.605. The predicted molar refractivity (Wildman–Crippen MR) is 46.0 cm³/mol. The smallest absolute Gasteiger partial charge is 0.385 e. The molecule has 3 heterocycles. The van der Waals surface area contributed by atoms with E-state index in [1.165, 1.54) is 6.92 Å². The Balaban J connectivity index is 2.36. The number of anilines is 1. The number of nitrogen functional groups attached to an aromatic ring is 1. The second kappa shape index (κ2) is 2.24. The zero-order chi connectivity index (χ0) is 10.8. The van der Waals surface area contributed by atoms with Gasteiger partial charge in [0.1, 0.15) is 0 Å². The lowest BCUT2D eigenvalue weighted by molar-refractivity contribution is -0.143. The Hall–Kier alpha value is -1.37. The summed E-state index contributed by atoms with van der Waals surface area (Å²) >= 11 is 0. The van der Waals surface area contributed by atoms with Crippen molar-refractivity contribution in [2.75, 3.05) is 5.73 Å². The van der Waals surface area contributed by atoms with Crippen LogP contribution in [0, 0.1) is 0 Å². The number of phosphoric acid groups is 1. The third-order valence-corrected chi connectivity index (χ3v) is 3.35. The van der Waals surface area contributed by atoms with Crippen molar-refractivity contribution in [1.29, 1.82) is 0 Å². The molecule has 0 saturated carbocycles.